The first-order chi connectivity index (χ1) is 9.49. The molecule has 4 nitrogen and oxygen atoms in total. The van der Waals surface area contributed by atoms with Crippen LogP contribution in [0.15, 0.2) is 18.2 Å². The lowest BCUT2D eigenvalue weighted by atomic mass is 9.94. The van der Waals surface area contributed by atoms with Crippen LogP contribution in [0.4, 0.5) is 0 Å². The van der Waals surface area contributed by atoms with E-state index in [0.717, 1.165) is 31.1 Å². The lowest BCUT2D eigenvalue weighted by Crippen LogP contribution is -2.58. The van der Waals surface area contributed by atoms with E-state index in [9.17, 15) is 0 Å². The van der Waals surface area contributed by atoms with Crippen molar-refractivity contribution >= 4 is 0 Å². The van der Waals surface area contributed by atoms with Gasteiger partial charge in [-0.25, -0.2) is 0 Å². The maximum absolute atomic E-state index is 5.55. The fourth-order valence-electron chi connectivity index (χ4n) is 3.05. The number of rotatable bonds is 4. The highest BCUT2D eigenvalue weighted by Crippen LogP contribution is 2.35. The van der Waals surface area contributed by atoms with Gasteiger partial charge in [0, 0.05) is 42.8 Å². The molecule has 112 valence electrons. The number of ether oxygens (including phenoxy) is 2. The molecule has 0 aliphatic carbocycles. The molecule has 0 bridgehead atoms. The summed E-state index contributed by atoms with van der Waals surface area (Å²) in [7, 11) is 3.39. The summed E-state index contributed by atoms with van der Waals surface area (Å²) >= 11 is 0. The molecule has 1 aliphatic heterocycles. The molecule has 2 rings (SSSR count). The second-order valence-electron chi connectivity index (χ2n) is 5.97. The van der Waals surface area contributed by atoms with Gasteiger partial charge in [0.15, 0.2) is 0 Å². The predicted molar refractivity (Wildman–Crippen MR) is 81.6 cm³/mol. The average Bonchev–Trinajstić information content (AvgIpc) is 2.45. The molecular weight excluding hydrogens is 252 g/mol. The zero-order chi connectivity index (χ0) is 14.8. The number of hydrogen-bond acceptors (Lipinski definition) is 4. The number of nitrogens with zero attached hydrogens (tertiary/aromatic N) is 1. The van der Waals surface area contributed by atoms with E-state index < -0.39 is 0 Å². The van der Waals surface area contributed by atoms with Crippen LogP contribution in [-0.2, 0) is 0 Å². The smallest absolute Gasteiger partial charge is 0.127 e. The highest BCUT2D eigenvalue weighted by molar-refractivity contribution is 5.42. The van der Waals surface area contributed by atoms with Gasteiger partial charge >= 0.3 is 0 Å². The summed E-state index contributed by atoms with van der Waals surface area (Å²) in [5.74, 6) is 1.73. The second kappa shape index (κ2) is 6.02. The minimum atomic E-state index is 0.141. The van der Waals surface area contributed by atoms with Gasteiger partial charge < -0.3 is 14.8 Å². The van der Waals surface area contributed by atoms with Gasteiger partial charge in [-0.2, -0.15) is 0 Å². The normalized spacial score (nSPS) is 20.4. The van der Waals surface area contributed by atoms with Crippen LogP contribution in [0.1, 0.15) is 32.4 Å². The second-order valence-corrected chi connectivity index (χ2v) is 5.97. The van der Waals surface area contributed by atoms with Crippen LogP contribution in [0, 0.1) is 0 Å². The highest BCUT2D eigenvalue weighted by atomic mass is 16.5. The molecule has 1 N–H and O–H groups in total. The molecule has 1 atom stereocenters. The predicted octanol–water partition coefficient (Wildman–Crippen LogP) is 2.45. The van der Waals surface area contributed by atoms with Gasteiger partial charge in [-0.3, -0.25) is 4.90 Å². The van der Waals surface area contributed by atoms with Crippen LogP contribution in [-0.4, -0.2) is 44.3 Å². The van der Waals surface area contributed by atoms with E-state index >= 15 is 0 Å². The molecule has 0 spiro atoms. The van der Waals surface area contributed by atoms with Gasteiger partial charge in [-0.1, -0.05) is 6.07 Å². The molecule has 0 aromatic heterocycles. The van der Waals surface area contributed by atoms with E-state index in [1.165, 1.54) is 5.56 Å². The number of nitrogens with one attached hydrogen (secondary N) is 1. The van der Waals surface area contributed by atoms with Crippen molar-refractivity contribution in [2.75, 3.05) is 33.9 Å². The van der Waals surface area contributed by atoms with Gasteiger partial charge in [-0.15, -0.1) is 0 Å². The Morgan fingerprint density at radius 2 is 2.00 bits per heavy atom. The van der Waals surface area contributed by atoms with E-state index in [1.807, 2.05) is 12.1 Å². The molecule has 0 saturated carbocycles. The number of hydrogen-bond donors (Lipinski definition) is 1. The molecule has 1 aromatic carbocycles. The zero-order valence-electron chi connectivity index (χ0n) is 13.2. The van der Waals surface area contributed by atoms with Crippen LogP contribution in [0.5, 0.6) is 11.5 Å². The minimum Gasteiger partial charge on any atom is -0.497 e. The quantitative estimate of drug-likeness (QED) is 0.917. The molecule has 0 radical (unpaired) electrons. The van der Waals surface area contributed by atoms with Crippen molar-refractivity contribution in [1.82, 2.24) is 10.2 Å². The molecule has 1 aliphatic rings. The summed E-state index contributed by atoms with van der Waals surface area (Å²) in [6, 6.07) is 6.39. The lowest BCUT2D eigenvalue weighted by Gasteiger charge is -2.46. The molecule has 4 heteroatoms. The summed E-state index contributed by atoms with van der Waals surface area (Å²) in [5, 5.41) is 3.47. The summed E-state index contributed by atoms with van der Waals surface area (Å²) in [6.45, 7) is 9.90. The van der Waals surface area contributed by atoms with Crippen molar-refractivity contribution < 1.29 is 9.47 Å². The Labute approximate surface area is 122 Å². The van der Waals surface area contributed by atoms with Gasteiger partial charge in [0.25, 0.3) is 0 Å². The zero-order valence-corrected chi connectivity index (χ0v) is 13.2. The molecule has 1 unspecified atom stereocenters. The first-order valence-corrected chi connectivity index (χ1v) is 7.19. The van der Waals surface area contributed by atoms with Crippen LogP contribution >= 0.6 is 0 Å². The van der Waals surface area contributed by atoms with Crippen molar-refractivity contribution in [1.29, 1.82) is 0 Å². The summed E-state index contributed by atoms with van der Waals surface area (Å²) in [6.07, 6.45) is 0. The van der Waals surface area contributed by atoms with Crippen molar-refractivity contribution in [3.63, 3.8) is 0 Å². The molecular formula is C16H26N2O2. The van der Waals surface area contributed by atoms with Gasteiger partial charge in [0.05, 0.1) is 14.2 Å². The van der Waals surface area contributed by atoms with E-state index in [4.69, 9.17) is 9.47 Å². The molecule has 1 fully saturated rings. The Kier molecular flexibility index (Phi) is 4.55. The third-order valence-electron chi connectivity index (χ3n) is 4.22. The number of methoxy groups -OCH3 is 2. The van der Waals surface area contributed by atoms with Crippen LogP contribution in [0.2, 0.25) is 0 Å². The Morgan fingerprint density at radius 3 is 2.60 bits per heavy atom. The van der Waals surface area contributed by atoms with E-state index in [0.29, 0.717) is 6.04 Å². The minimum absolute atomic E-state index is 0.141. The Balaban J connectivity index is 2.30. The van der Waals surface area contributed by atoms with Crippen LogP contribution in [0.25, 0.3) is 0 Å². The van der Waals surface area contributed by atoms with E-state index in [-0.39, 0.29) is 5.54 Å². The average molecular weight is 278 g/mol. The SMILES string of the molecule is COc1ccc(C(C)N2CCNCC2(C)C)c(OC)c1. The lowest BCUT2D eigenvalue weighted by molar-refractivity contribution is 0.0507. The number of benzene rings is 1. The highest BCUT2D eigenvalue weighted by Gasteiger charge is 2.34. The first-order valence-electron chi connectivity index (χ1n) is 7.19. The van der Waals surface area contributed by atoms with Crippen molar-refractivity contribution in [2.45, 2.75) is 32.4 Å². The molecule has 0 amide bonds. The van der Waals surface area contributed by atoms with Crippen molar-refractivity contribution in [3.8, 4) is 11.5 Å². The van der Waals surface area contributed by atoms with Gasteiger partial charge in [0.2, 0.25) is 0 Å². The maximum atomic E-state index is 5.55. The fourth-order valence-corrected chi connectivity index (χ4v) is 3.05. The van der Waals surface area contributed by atoms with Gasteiger partial charge in [0.1, 0.15) is 11.5 Å². The standard InChI is InChI=1S/C16H26N2O2/c1-12(18-9-8-17-11-16(18,2)3)14-7-6-13(19-4)10-15(14)20-5/h6-7,10,12,17H,8-9,11H2,1-5H3. The van der Waals surface area contributed by atoms with E-state index in [1.54, 1.807) is 14.2 Å². The van der Waals surface area contributed by atoms with Gasteiger partial charge in [-0.05, 0) is 26.8 Å². The monoisotopic (exact) mass is 278 g/mol. The number of piperazine rings is 1. The van der Waals surface area contributed by atoms with Crippen LogP contribution < -0.4 is 14.8 Å². The molecule has 1 aromatic rings. The molecule has 20 heavy (non-hydrogen) atoms. The third-order valence-corrected chi connectivity index (χ3v) is 4.22. The Hall–Kier alpha value is -1.26. The maximum Gasteiger partial charge on any atom is 0.127 e. The summed E-state index contributed by atoms with van der Waals surface area (Å²) in [5.41, 5.74) is 1.35. The largest absolute Gasteiger partial charge is 0.497 e. The summed E-state index contributed by atoms with van der Waals surface area (Å²) < 4.78 is 10.8. The van der Waals surface area contributed by atoms with Crippen molar-refractivity contribution in [3.05, 3.63) is 23.8 Å². The Morgan fingerprint density at radius 1 is 1.25 bits per heavy atom. The topological polar surface area (TPSA) is 33.7 Å². The molecule has 1 saturated heterocycles. The Bertz CT molecular complexity index is 460. The molecule has 1 heterocycles. The van der Waals surface area contributed by atoms with Crippen LogP contribution in [0.3, 0.4) is 0 Å². The summed E-state index contributed by atoms with van der Waals surface area (Å²) in [4.78, 5) is 2.54. The fraction of sp³-hybridized carbons (Fsp3) is 0.625. The first kappa shape index (κ1) is 15.1. The third kappa shape index (κ3) is 2.91. The van der Waals surface area contributed by atoms with E-state index in [2.05, 4.69) is 37.1 Å². The van der Waals surface area contributed by atoms with Crippen molar-refractivity contribution in [2.24, 2.45) is 0 Å².